The SMILES string of the molecule is O=C1Sc2cc(F)c(F)cc2C1=O. The Hall–Kier alpha value is -1.23. The minimum Gasteiger partial charge on any atom is -0.284 e. The van der Waals surface area contributed by atoms with Crippen molar-refractivity contribution in [2.45, 2.75) is 4.90 Å². The lowest BCUT2D eigenvalue weighted by Crippen LogP contribution is -2.02. The fourth-order valence-corrected chi connectivity index (χ4v) is 1.87. The Balaban J connectivity index is 2.66. The van der Waals surface area contributed by atoms with Crippen LogP contribution in [0.5, 0.6) is 0 Å². The standard InChI is InChI=1S/C8H2F2O2S/c9-4-1-3-6(2-5(4)10)13-8(12)7(3)11/h1-2H. The second kappa shape index (κ2) is 2.63. The Morgan fingerprint density at radius 2 is 1.69 bits per heavy atom. The van der Waals surface area contributed by atoms with Crippen LogP contribution in [0.15, 0.2) is 17.0 Å². The normalized spacial score (nSPS) is 14.9. The number of halogens is 2. The van der Waals surface area contributed by atoms with E-state index in [1.807, 2.05) is 0 Å². The molecule has 0 radical (unpaired) electrons. The van der Waals surface area contributed by atoms with Gasteiger partial charge in [-0.05, 0) is 23.9 Å². The molecule has 2 nitrogen and oxygen atoms in total. The minimum absolute atomic E-state index is 0.0473. The first kappa shape index (κ1) is 8.37. The van der Waals surface area contributed by atoms with Crippen LogP contribution in [0.1, 0.15) is 10.4 Å². The summed E-state index contributed by atoms with van der Waals surface area (Å²) in [5.41, 5.74) is -0.0473. The highest BCUT2D eigenvalue weighted by atomic mass is 32.2. The molecule has 0 atom stereocenters. The van der Waals surface area contributed by atoms with Crippen molar-refractivity contribution in [1.29, 1.82) is 0 Å². The van der Waals surface area contributed by atoms with Crippen LogP contribution in [0.2, 0.25) is 0 Å². The maximum absolute atomic E-state index is 12.6. The van der Waals surface area contributed by atoms with Crippen molar-refractivity contribution in [3.8, 4) is 0 Å². The van der Waals surface area contributed by atoms with Crippen LogP contribution in [-0.2, 0) is 4.79 Å². The van der Waals surface area contributed by atoms with E-state index in [1.54, 1.807) is 0 Å². The molecule has 0 unspecified atom stereocenters. The second-order valence-corrected chi connectivity index (χ2v) is 3.50. The van der Waals surface area contributed by atoms with Gasteiger partial charge >= 0.3 is 0 Å². The van der Waals surface area contributed by atoms with Crippen molar-refractivity contribution < 1.29 is 18.4 Å². The van der Waals surface area contributed by atoms with E-state index in [4.69, 9.17) is 0 Å². The average Bonchev–Trinajstić information content (AvgIpc) is 2.32. The first-order valence-corrected chi connectivity index (χ1v) is 4.17. The molecule has 66 valence electrons. The molecule has 2 rings (SSSR count). The van der Waals surface area contributed by atoms with Crippen LogP contribution < -0.4 is 0 Å². The molecule has 0 aromatic heterocycles. The third-order valence-corrected chi connectivity index (χ3v) is 2.58. The van der Waals surface area contributed by atoms with Crippen molar-refractivity contribution in [3.63, 3.8) is 0 Å². The Kier molecular flexibility index (Phi) is 1.69. The number of hydrogen-bond donors (Lipinski definition) is 0. The molecule has 0 N–H and O–H groups in total. The van der Waals surface area contributed by atoms with Crippen LogP contribution in [0.3, 0.4) is 0 Å². The zero-order valence-corrected chi connectivity index (χ0v) is 6.95. The Morgan fingerprint density at radius 1 is 1.08 bits per heavy atom. The van der Waals surface area contributed by atoms with Gasteiger partial charge in [0.15, 0.2) is 11.6 Å². The maximum atomic E-state index is 12.6. The molecule has 0 saturated heterocycles. The smallest absolute Gasteiger partial charge is 0.264 e. The lowest BCUT2D eigenvalue weighted by atomic mass is 10.1. The Bertz CT molecular complexity index is 428. The molecule has 1 aliphatic rings. The summed E-state index contributed by atoms with van der Waals surface area (Å²) in [4.78, 5) is 22.0. The molecule has 0 spiro atoms. The lowest BCUT2D eigenvalue weighted by molar-refractivity contribution is -0.107. The number of carbonyl (C=O) groups excluding carboxylic acids is 2. The second-order valence-electron chi connectivity index (χ2n) is 2.48. The summed E-state index contributed by atoms with van der Waals surface area (Å²) in [5.74, 6) is -2.92. The van der Waals surface area contributed by atoms with E-state index in [-0.39, 0.29) is 10.5 Å². The van der Waals surface area contributed by atoms with Gasteiger partial charge < -0.3 is 0 Å². The molecule has 1 heterocycles. The van der Waals surface area contributed by atoms with Gasteiger partial charge in [-0.15, -0.1) is 0 Å². The monoisotopic (exact) mass is 200 g/mol. The Morgan fingerprint density at radius 3 is 2.38 bits per heavy atom. The highest BCUT2D eigenvalue weighted by molar-refractivity contribution is 8.16. The van der Waals surface area contributed by atoms with Gasteiger partial charge in [-0.3, -0.25) is 9.59 Å². The van der Waals surface area contributed by atoms with E-state index in [0.29, 0.717) is 11.8 Å². The number of rotatable bonds is 0. The van der Waals surface area contributed by atoms with Crippen LogP contribution in [-0.4, -0.2) is 10.9 Å². The number of thioether (sulfide) groups is 1. The summed E-state index contributed by atoms with van der Waals surface area (Å²) >= 11 is 0.627. The van der Waals surface area contributed by atoms with E-state index >= 15 is 0 Å². The molecular weight excluding hydrogens is 198 g/mol. The van der Waals surface area contributed by atoms with Crippen LogP contribution >= 0.6 is 11.8 Å². The van der Waals surface area contributed by atoms with Crippen molar-refractivity contribution >= 4 is 22.7 Å². The first-order chi connectivity index (χ1) is 6.09. The van der Waals surface area contributed by atoms with Crippen LogP contribution in [0.4, 0.5) is 8.78 Å². The third-order valence-electron chi connectivity index (χ3n) is 1.66. The largest absolute Gasteiger partial charge is 0.284 e. The predicted molar refractivity (Wildman–Crippen MR) is 41.6 cm³/mol. The molecule has 5 heteroatoms. The van der Waals surface area contributed by atoms with E-state index < -0.39 is 22.5 Å². The molecule has 0 saturated carbocycles. The molecule has 0 aliphatic carbocycles. The fraction of sp³-hybridized carbons (Fsp3) is 0. The molecule has 1 aliphatic heterocycles. The van der Waals surface area contributed by atoms with Gasteiger partial charge in [0.05, 0.1) is 0 Å². The average molecular weight is 200 g/mol. The first-order valence-electron chi connectivity index (χ1n) is 3.35. The molecule has 1 aromatic carbocycles. The van der Waals surface area contributed by atoms with Gasteiger partial charge in [0.25, 0.3) is 5.12 Å². The molecule has 0 bridgehead atoms. The highest BCUT2D eigenvalue weighted by Crippen LogP contribution is 2.33. The highest BCUT2D eigenvalue weighted by Gasteiger charge is 2.30. The summed E-state index contributed by atoms with van der Waals surface area (Å²) < 4.78 is 25.2. The molecular formula is C8H2F2O2S. The summed E-state index contributed by atoms with van der Waals surface area (Å²) in [5, 5.41) is -0.694. The number of hydrogen-bond acceptors (Lipinski definition) is 3. The van der Waals surface area contributed by atoms with Gasteiger partial charge in [0.2, 0.25) is 5.78 Å². The summed E-state index contributed by atoms with van der Waals surface area (Å²) in [6.07, 6.45) is 0. The fourth-order valence-electron chi connectivity index (χ4n) is 1.05. The van der Waals surface area contributed by atoms with Crippen LogP contribution in [0, 0.1) is 11.6 Å². The van der Waals surface area contributed by atoms with E-state index in [9.17, 15) is 18.4 Å². The third kappa shape index (κ3) is 1.16. The summed E-state index contributed by atoms with van der Waals surface area (Å²) in [6, 6.07) is 1.61. The van der Waals surface area contributed by atoms with Gasteiger partial charge in [0.1, 0.15) is 0 Å². The van der Waals surface area contributed by atoms with Gasteiger partial charge in [-0.1, -0.05) is 0 Å². The topological polar surface area (TPSA) is 34.1 Å². The number of carbonyl (C=O) groups is 2. The lowest BCUT2D eigenvalue weighted by Gasteiger charge is -1.95. The molecule has 0 fully saturated rings. The quantitative estimate of drug-likeness (QED) is 0.598. The zero-order chi connectivity index (χ0) is 9.59. The van der Waals surface area contributed by atoms with Crippen molar-refractivity contribution in [2.75, 3.05) is 0 Å². The Labute approximate surface area is 75.9 Å². The number of fused-ring (bicyclic) bond motifs is 1. The van der Waals surface area contributed by atoms with E-state index in [1.165, 1.54) is 0 Å². The molecule has 13 heavy (non-hydrogen) atoms. The zero-order valence-electron chi connectivity index (χ0n) is 6.14. The van der Waals surface area contributed by atoms with Crippen molar-refractivity contribution in [1.82, 2.24) is 0 Å². The van der Waals surface area contributed by atoms with Gasteiger partial charge in [-0.25, -0.2) is 8.78 Å². The summed E-state index contributed by atoms with van der Waals surface area (Å²) in [6.45, 7) is 0. The number of Topliss-reactive ketones (excluding diaryl/α,β-unsaturated/α-hetero) is 1. The summed E-state index contributed by atoms with van der Waals surface area (Å²) in [7, 11) is 0. The predicted octanol–water partition coefficient (Wildman–Crippen LogP) is 1.78. The van der Waals surface area contributed by atoms with E-state index in [2.05, 4.69) is 0 Å². The van der Waals surface area contributed by atoms with Crippen LogP contribution in [0.25, 0.3) is 0 Å². The number of ketones is 1. The minimum atomic E-state index is -1.11. The van der Waals surface area contributed by atoms with E-state index in [0.717, 1.165) is 12.1 Å². The van der Waals surface area contributed by atoms with Crippen molar-refractivity contribution in [3.05, 3.63) is 29.3 Å². The van der Waals surface area contributed by atoms with Gasteiger partial charge in [0, 0.05) is 10.5 Å². The maximum Gasteiger partial charge on any atom is 0.264 e. The van der Waals surface area contributed by atoms with Crippen molar-refractivity contribution in [2.24, 2.45) is 0 Å². The molecule has 0 amide bonds. The number of benzene rings is 1. The van der Waals surface area contributed by atoms with Gasteiger partial charge in [-0.2, -0.15) is 0 Å². The molecule has 1 aromatic rings.